The maximum atomic E-state index is 2.26. The van der Waals surface area contributed by atoms with E-state index in [4.69, 9.17) is 0 Å². The maximum absolute atomic E-state index is 2.26. The molecule has 0 amide bonds. The molecule has 0 aliphatic heterocycles. The molecule has 0 aliphatic rings. The first-order chi connectivity index (χ1) is 17.3. The van der Waals surface area contributed by atoms with Gasteiger partial charge in [0.15, 0.2) is 0 Å². The zero-order chi connectivity index (χ0) is 24.3. The Morgan fingerprint density at radius 2 is 0.821 bits per heavy atom. The molecule has 4 radical (unpaired) electrons. The number of hydrogen-bond acceptors (Lipinski definition) is 0. The molecule has 0 aromatic heterocycles. The molecular weight excluding hydrogens is 611 g/mol. The Balaban J connectivity index is 0.000000540. The van der Waals surface area contributed by atoms with E-state index in [0.29, 0.717) is 0 Å². The number of fused-ring (bicyclic) bond motifs is 6. The fourth-order valence-corrected chi connectivity index (χ4v) is 4.76. The molecule has 6 aromatic rings. The molecule has 0 unspecified atom stereocenters. The monoisotopic (exact) mass is 645 g/mol. The Kier molecular flexibility index (Phi) is 19.3. The summed E-state index contributed by atoms with van der Waals surface area (Å²) in [6.45, 7) is 4.39. The molecule has 0 aliphatic carbocycles. The van der Waals surface area contributed by atoms with E-state index in [-0.39, 0.29) is 62.0 Å². The van der Waals surface area contributed by atoms with Gasteiger partial charge in [-0.3, -0.25) is 0 Å². The summed E-state index contributed by atoms with van der Waals surface area (Å²) in [5.41, 5.74) is 0. The fraction of sp³-hybridized carbons (Fsp3) is 0.229. The van der Waals surface area contributed by atoms with Crippen molar-refractivity contribution in [2.24, 2.45) is 0 Å². The van der Waals surface area contributed by atoms with E-state index in [1.165, 1.54) is 81.6 Å². The van der Waals surface area contributed by atoms with Gasteiger partial charge in [-0.05, 0) is 0 Å². The van der Waals surface area contributed by atoms with Crippen LogP contribution in [0.1, 0.15) is 52.4 Å². The Morgan fingerprint density at radius 3 is 1.13 bits per heavy atom. The summed E-state index contributed by atoms with van der Waals surface area (Å²) >= 11 is 0. The third-order valence-electron chi connectivity index (χ3n) is 6.64. The van der Waals surface area contributed by atoms with Crippen molar-refractivity contribution in [1.29, 1.82) is 0 Å². The molecule has 39 heavy (non-hydrogen) atoms. The molecule has 0 saturated heterocycles. The Bertz CT molecular complexity index is 1250. The number of rotatable bonds is 6. The Labute approximate surface area is 271 Å². The van der Waals surface area contributed by atoms with Gasteiger partial charge in [0.05, 0.1) is 0 Å². The molecule has 0 fully saturated rings. The SMILES string of the molecule is C[CH-]CCCCCCC.[Cl-].[Cl-].[Si].[Zr+2].c1ccc2c(c1)[cH-]c1ccccc12.c1ccc2c(c1)[cH-]c1ccccc12. The molecule has 0 nitrogen and oxygen atoms in total. The van der Waals surface area contributed by atoms with Crippen LogP contribution in [0.4, 0.5) is 0 Å². The van der Waals surface area contributed by atoms with Crippen molar-refractivity contribution in [2.45, 2.75) is 52.4 Å². The van der Waals surface area contributed by atoms with E-state index in [0.717, 1.165) is 0 Å². The molecule has 0 bridgehead atoms. The van der Waals surface area contributed by atoms with E-state index in [1.54, 1.807) is 0 Å². The third kappa shape index (κ3) is 10.3. The van der Waals surface area contributed by atoms with Crippen molar-refractivity contribution < 1.29 is 51.0 Å². The molecule has 0 atom stereocenters. The summed E-state index contributed by atoms with van der Waals surface area (Å²) in [6, 6.07) is 38.5. The van der Waals surface area contributed by atoms with E-state index < -0.39 is 0 Å². The smallest absolute Gasteiger partial charge is 1.00 e. The summed E-state index contributed by atoms with van der Waals surface area (Å²) in [5.74, 6) is 0. The van der Waals surface area contributed by atoms with E-state index in [9.17, 15) is 0 Å². The van der Waals surface area contributed by atoms with Crippen LogP contribution in [-0.4, -0.2) is 11.0 Å². The van der Waals surface area contributed by atoms with Gasteiger partial charge in [-0.2, -0.15) is 13.3 Å². The summed E-state index contributed by atoms with van der Waals surface area (Å²) in [5, 5.41) is 10.8. The van der Waals surface area contributed by atoms with E-state index in [1.807, 2.05) is 0 Å². The van der Waals surface area contributed by atoms with Crippen molar-refractivity contribution in [2.75, 3.05) is 0 Å². The Hall–Kier alpha value is -1.70. The first-order valence-electron chi connectivity index (χ1n) is 13.2. The first-order valence-corrected chi connectivity index (χ1v) is 13.2. The summed E-state index contributed by atoms with van der Waals surface area (Å²) < 4.78 is 0. The minimum absolute atomic E-state index is 0. The van der Waals surface area contributed by atoms with Crippen molar-refractivity contribution >= 4 is 54.1 Å². The van der Waals surface area contributed by atoms with Crippen LogP contribution >= 0.6 is 0 Å². The van der Waals surface area contributed by atoms with Gasteiger partial charge < -0.3 is 31.2 Å². The molecule has 6 rings (SSSR count). The van der Waals surface area contributed by atoms with Gasteiger partial charge in [-0.15, -0.1) is 79.5 Å². The van der Waals surface area contributed by atoms with Crippen molar-refractivity contribution in [3.63, 3.8) is 0 Å². The number of unbranched alkanes of at least 4 members (excludes halogenated alkanes) is 6. The normalized spacial score (nSPS) is 9.69. The molecular formula is C35H37Cl2SiZr-3. The van der Waals surface area contributed by atoms with Crippen LogP contribution in [0.2, 0.25) is 0 Å². The second-order valence-corrected chi connectivity index (χ2v) is 9.25. The van der Waals surface area contributed by atoms with Gasteiger partial charge >= 0.3 is 26.2 Å². The number of hydrogen-bond donors (Lipinski definition) is 0. The van der Waals surface area contributed by atoms with E-state index in [2.05, 4.69) is 129 Å². The standard InChI is InChI=1S/2C13H9.C9H19.2ClH.Si.Zr/c2*1-3-7-12-10(5-1)9-11-6-2-4-8-13(11)12;1-3-5-7-9-8-6-4-2;;;;/h2*1-9H;3H,4-9H2,1-2H3;2*1H;;/q3*-1;;;;+2/p-2. The average Bonchev–Trinajstić information content (AvgIpc) is 3.48. The van der Waals surface area contributed by atoms with Gasteiger partial charge in [0.2, 0.25) is 0 Å². The minimum atomic E-state index is 0. The molecule has 0 spiro atoms. The summed E-state index contributed by atoms with van der Waals surface area (Å²) in [6.07, 6.45) is 10.6. The zero-order valence-corrected chi connectivity index (χ0v) is 27.9. The molecule has 202 valence electrons. The molecule has 6 aromatic carbocycles. The predicted octanol–water partition coefficient (Wildman–Crippen LogP) is 4.62. The Morgan fingerprint density at radius 1 is 0.513 bits per heavy atom. The largest absolute Gasteiger partial charge is 2.00 e. The van der Waals surface area contributed by atoms with Crippen molar-refractivity contribution in [3.8, 4) is 0 Å². The zero-order valence-electron chi connectivity index (χ0n) is 23.0. The minimum Gasteiger partial charge on any atom is -1.00 e. The van der Waals surface area contributed by atoms with Crippen LogP contribution in [0.5, 0.6) is 0 Å². The van der Waals surface area contributed by atoms with Gasteiger partial charge in [-0.25, -0.2) is 0 Å². The topological polar surface area (TPSA) is 0 Å². The van der Waals surface area contributed by atoms with Crippen molar-refractivity contribution in [1.82, 2.24) is 0 Å². The van der Waals surface area contributed by atoms with Crippen molar-refractivity contribution in [3.05, 3.63) is 116 Å². The van der Waals surface area contributed by atoms with Crippen LogP contribution in [0.3, 0.4) is 0 Å². The molecule has 0 saturated carbocycles. The van der Waals surface area contributed by atoms with Crippen LogP contribution in [0.15, 0.2) is 109 Å². The van der Waals surface area contributed by atoms with Gasteiger partial charge in [0, 0.05) is 11.0 Å². The van der Waals surface area contributed by atoms with Crippen LogP contribution < -0.4 is 24.8 Å². The first kappa shape index (κ1) is 37.3. The number of halogens is 2. The maximum Gasteiger partial charge on any atom is 2.00 e. The van der Waals surface area contributed by atoms with Gasteiger partial charge in [0.1, 0.15) is 0 Å². The van der Waals surface area contributed by atoms with Gasteiger partial charge in [-0.1, -0.05) is 112 Å². The van der Waals surface area contributed by atoms with Gasteiger partial charge in [0.25, 0.3) is 0 Å². The summed E-state index contributed by atoms with van der Waals surface area (Å²) in [4.78, 5) is 0. The van der Waals surface area contributed by atoms with Crippen LogP contribution in [-0.2, 0) is 26.2 Å². The quantitative estimate of drug-likeness (QED) is 0.141. The summed E-state index contributed by atoms with van der Waals surface area (Å²) in [7, 11) is 0. The third-order valence-corrected chi connectivity index (χ3v) is 6.64. The number of benzene rings is 4. The molecule has 4 heteroatoms. The fourth-order valence-electron chi connectivity index (χ4n) is 4.76. The molecule has 0 heterocycles. The van der Waals surface area contributed by atoms with Crippen LogP contribution in [0.25, 0.3) is 43.1 Å². The second-order valence-electron chi connectivity index (χ2n) is 9.25. The second kappa shape index (κ2) is 20.2. The molecule has 0 N–H and O–H groups in total. The van der Waals surface area contributed by atoms with E-state index >= 15 is 0 Å². The average molecular weight is 648 g/mol. The predicted molar refractivity (Wildman–Crippen MR) is 163 cm³/mol. The van der Waals surface area contributed by atoms with Crippen LogP contribution in [0, 0.1) is 6.42 Å².